The second-order valence-corrected chi connectivity index (χ2v) is 4.99. The van der Waals surface area contributed by atoms with Crippen molar-refractivity contribution in [2.45, 2.75) is 38.1 Å². The molecule has 1 atom stereocenters. The monoisotopic (exact) mass is 263 g/mol. The fraction of sp³-hybridized carbons (Fsp3) is 0.533. The van der Waals surface area contributed by atoms with Crippen LogP contribution in [0.1, 0.15) is 29.5 Å². The Morgan fingerprint density at radius 1 is 1.37 bits per heavy atom. The van der Waals surface area contributed by atoms with E-state index in [1.807, 2.05) is 0 Å². The number of methoxy groups -OCH3 is 2. The first kappa shape index (κ1) is 13.9. The molecule has 0 radical (unpaired) electrons. The number of ether oxygens (including phenoxy) is 2. The van der Waals surface area contributed by atoms with Crippen LogP contribution in [-0.2, 0) is 28.8 Å². The number of hydrogen-bond donors (Lipinski definition) is 1. The van der Waals surface area contributed by atoms with Gasteiger partial charge in [-0.2, -0.15) is 0 Å². The predicted octanol–water partition coefficient (Wildman–Crippen LogP) is 1.62. The number of benzene rings is 1. The molecule has 2 rings (SSSR count). The smallest absolute Gasteiger partial charge is 0.305 e. The summed E-state index contributed by atoms with van der Waals surface area (Å²) in [5.41, 5.74) is 9.69. The van der Waals surface area contributed by atoms with Crippen LogP contribution in [0.25, 0.3) is 0 Å². The molecule has 0 aliphatic heterocycles. The van der Waals surface area contributed by atoms with Gasteiger partial charge in [0.1, 0.15) is 5.75 Å². The maximum atomic E-state index is 11.1. The summed E-state index contributed by atoms with van der Waals surface area (Å²) in [6.07, 6.45) is 3.84. The van der Waals surface area contributed by atoms with Crippen molar-refractivity contribution in [2.75, 3.05) is 14.2 Å². The van der Waals surface area contributed by atoms with E-state index in [2.05, 4.69) is 16.9 Å². The first-order chi connectivity index (χ1) is 9.15. The fourth-order valence-corrected chi connectivity index (χ4v) is 2.73. The summed E-state index contributed by atoms with van der Waals surface area (Å²) in [5, 5.41) is 0. The summed E-state index contributed by atoms with van der Waals surface area (Å²) >= 11 is 0. The normalized spacial score (nSPS) is 17.1. The fourth-order valence-electron chi connectivity index (χ4n) is 2.73. The average molecular weight is 263 g/mol. The topological polar surface area (TPSA) is 61.5 Å². The van der Waals surface area contributed by atoms with E-state index >= 15 is 0 Å². The lowest BCUT2D eigenvalue weighted by Gasteiger charge is -2.13. The van der Waals surface area contributed by atoms with Crippen molar-refractivity contribution in [3.63, 3.8) is 0 Å². The molecule has 2 N–H and O–H groups in total. The highest BCUT2D eigenvalue weighted by Gasteiger charge is 2.23. The molecule has 4 heteroatoms. The zero-order valence-corrected chi connectivity index (χ0v) is 11.6. The van der Waals surface area contributed by atoms with E-state index in [0.717, 1.165) is 37.0 Å². The lowest BCUT2D eigenvalue weighted by atomic mass is 10.0. The van der Waals surface area contributed by atoms with Gasteiger partial charge in [0.25, 0.3) is 0 Å². The Balaban J connectivity index is 2.09. The lowest BCUT2D eigenvalue weighted by molar-refractivity contribution is -0.140. The van der Waals surface area contributed by atoms with Gasteiger partial charge in [0, 0.05) is 12.5 Å². The number of esters is 1. The van der Waals surface area contributed by atoms with Gasteiger partial charge in [0.05, 0.1) is 14.2 Å². The molecule has 0 bridgehead atoms. The van der Waals surface area contributed by atoms with Crippen LogP contribution in [0, 0.1) is 0 Å². The number of carbonyl (C=O) groups excluding carboxylic acids is 1. The third-order valence-corrected chi connectivity index (χ3v) is 3.65. The van der Waals surface area contributed by atoms with Crippen molar-refractivity contribution < 1.29 is 14.3 Å². The number of carbonyl (C=O) groups is 1. The van der Waals surface area contributed by atoms with Gasteiger partial charge >= 0.3 is 5.97 Å². The minimum Gasteiger partial charge on any atom is -0.496 e. The van der Waals surface area contributed by atoms with Gasteiger partial charge < -0.3 is 15.2 Å². The van der Waals surface area contributed by atoms with Crippen molar-refractivity contribution >= 4 is 5.97 Å². The van der Waals surface area contributed by atoms with E-state index in [4.69, 9.17) is 10.5 Å². The molecule has 1 aromatic carbocycles. The highest BCUT2D eigenvalue weighted by Crippen LogP contribution is 2.34. The van der Waals surface area contributed by atoms with Gasteiger partial charge in [-0.1, -0.05) is 12.1 Å². The van der Waals surface area contributed by atoms with Crippen molar-refractivity contribution in [3.8, 4) is 5.75 Å². The largest absolute Gasteiger partial charge is 0.496 e. The lowest BCUT2D eigenvalue weighted by Crippen LogP contribution is -2.19. The van der Waals surface area contributed by atoms with E-state index in [1.165, 1.54) is 18.2 Å². The Bertz CT molecular complexity index is 471. The quantitative estimate of drug-likeness (QED) is 0.820. The van der Waals surface area contributed by atoms with Crippen LogP contribution in [0.3, 0.4) is 0 Å². The maximum Gasteiger partial charge on any atom is 0.305 e. The molecular formula is C15H21NO3. The van der Waals surface area contributed by atoms with Crippen LogP contribution in [0.4, 0.5) is 0 Å². The van der Waals surface area contributed by atoms with Crippen LogP contribution < -0.4 is 10.5 Å². The SMILES string of the molecule is COC(=O)CCCc1ccc2c(c1OC)CC(N)C2. The maximum absolute atomic E-state index is 11.1. The molecule has 0 saturated carbocycles. The van der Waals surface area contributed by atoms with Gasteiger partial charge in [0.15, 0.2) is 0 Å². The number of fused-ring (bicyclic) bond motifs is 1. The molecule has 0 heterocycles. The number of nitrogens with two attached hydrogens (primary N) is 1. The van der Waals surface area contributed by atoms with Gasteiger partial charge in [0.2, 0.25) is 0 Å². The van der Waals surface area contributed by atoms with E-state index in [0.29, 0.717) is 6.42 Å². The van der Waals surface area contributed by atoms with Crippen molar-refractivity contribution in [1.29, 1.82) is 0 Å². The second-order valence-electron chi connectivity index (χ2n) is 4.99. The summed E-state index contributed by atoms with van der Waals surface area (Å²) < 4.78 is 10.2. The van der Waals surface area contributed by atoms with Crippen LogP contribution in [0.5, 0.6) is 5.75 Å². The third kappa shape index (κ3) is 3.07. The summed E-state index contributed by atoms with van der Waals surface area (Å²) in [6, 6.07) is 4.43. The average Bonchev–Trinajstić information content (AvgIpc) is 2.78. The minimum absolute atomic E-state index is 0.165. The second kappa shape index (κ2) is 6.06. The molecule has 104 valence electrons. The van der Waals surface area contributed by atoms with Crippen molar-refractivity contribution in [2.24, 2.45) is 5.73 Å². The molecule has 1 unspecified atom stereocenters. The van der Waals surface area contributed by atoms with Gasteiger partial charge in [-0.05, 0) is 42.4 Å². The summed E-state index contributed by atoms with van der Waals surface area (Å²) in [5.74, 6) is 0.789. The first-order valence-corrected chi connectivity index (χ1v) is 6.65. The van der Waals surface area contributed by atoms with E-state index in [1.54, 1.807) is 7.11 Å². The standard InChI is InChI=1S/C15H21NO3/c1-18-14(17)5-3-4-10-6-7-11-8-12(16)9-13(11)15(10)19-2/h6-7,12H,3-5,8-9,16H2,1-2H3. The molecule has 19 heavy (non-hydrogen) atoms. The Kier molecular flexibility index (Phi) is 4.43. The first-order valence-electron chi connectivity index (χ1n) is 6.65. The third-order valence-electron chi connectivity index (χ3n) is 3.65. The number of aryl methyl sites for hydroxylation is 1. The molecule has 0 aromatic heterocycles. The molecule has 0 amide bonds. The zero-order valence-electron chi connectivity index (χ0n) is 11.6. The molecule has 1 aliphatic rings. The van der Waals surface area contributed by atoms with Crippen LogP contribution >= 0.6 is 0 Å². The summed E-state index contributed by atoms with van der Waals surface area (Å²) in [4.78, 5) is 11.1. The van der Waals surface area contributed by atoms with Crippen LogP contribution in [-0.4, -0.2) is 26.2 Å². The zero-order chi connectivity index (χ0) is 13.8. The molecular weight excluding hydrogens is 242 g/mol. The van der Waals surface area contributed by atoms with Crippen LogP contribution in [0.2, 0.25) is 0 Å². The molecule has 1 aliphatic carbocycles. The molecule has 4 nitrogen and oxygen atoms in total. The Morgan fingerprint density at radius 2 is 2.16 bits per heavy atom. The van der Waals surface area contributed by atoms with Crippen molar-refractivity contribution in [3.05, 3.63) is 28.8 Å². The highest BCUT2D eigenvalue weighted by molar-refractivity contribution is 5.69. The number of hydrogen-bond acceptors (Lipinski definition) is 4. The van der Waals surface area contributed by atoms with Crippen molar-refractivity contribution in [1.82, 2.24) is 0 Å². The minimum atomic E-state index is -0.165. The summed E-state index contributed by atoms with van der Waals surface area (Å²) in [7, 11) is 3.11. The Morgan fingerprint density at radius 3 is 2.84 bits per heavy atom. The van der Waals surface area contributed by atoms with Gasteiger partial charge in [-0.3, -0.25) is 4.79 Å². The number of rotatable bonds is 5. The van der Waals surface area contributed by atoms with E-state index in [-0.39, 0.29) is 12.0 Å². The van der Waals surface area contributed by atoms with E-state index in [9.17, 15) is 4.79 Å². The highest BCUT2D eigenvalue weighted by atomic mass is 16.5. The van der Waals surface area contributed by atoms with Gasteiger partial charge in [-0.25, -0.2) is 0 Å². The summed E-state index contributed by atoms with van der Waals surface area (Å²) in [6.45, 7) is 0. The molecule has 0 spiro atoms. The molecule has 0 saturated heterocycles. The molecule has 1 aromatic rings. The Labute approximate surface area is 113 Å². The van der Waals surface area contributed by atoms with Gasteiger partial charge in [-0.15, -0.1) is 0 Å². The molecule has 0 fully saturated rings. The predicted molar refractivity (Wildman–Crippen MR) is 73.3 cm³/mol. The Hall–Kier alpha value is -1.55. The van der Waals surface area contributed by atoms with Crippen LogP contribution in [0.15, 0.2) is 12.1 Å². The van der Waals surface area contributed by atoms with E-state index < -0.39 is 0 Å².